The minimum atomic E-state index is -0.280. The third kappa shape index (κ3) is 5.01. The standard InChI is InChI=1S/C22H27FN2O3/c1-15-13-25(14-16(2)28-15)20-9-8-17(10-19(20)23)12-24-22(26)11-18-6-4-5-7-21(18)27-3/h4-10,15-16H,11-14H2,1-3H3,(H,24,26)/t15-,16+. The van der Waals surface area contributed by atoms with E-state index in [-0.39, 0.29) is 36.9 Å². The molecule has 0 unspecified atom stereocenters. The van der Waals surface area contributed by atoms with Crippen LogP contribution in [-0.4, -0.2) is 38.3 Å². The Morgan fingerprint density at radius 1 is 1.21 bits per heavy atom. The van der Waals surface area contributed by atoms with Crippen LogP contribution in [-0.2, 0) is 22.5 Å². The van der Waals surface area contributed by atoms with Crippen molar-refractivity contribution in [3.05, 3.63) is 59.4 Å². The van der Waals surface area contributed by atoms with Crippen molar-refractivity contribution in [3.8, 4) is 5.75 Å². The summed E-state index contributed by atoms with van der Waals surface area (Å²) < 4.78 is 25.6. The molecular weight excluding hydrogens is 359 g/mol. The molecule has 1 aliphatic rings. The number of rotatable bonds is 6. The molecule has 0 radical (unpaired) electrons. The number of carbonyl (C=O) groups excluding carboxylic acids is 1. The van der Waals surface area contributed by atoms with Crippen LogP contribution in [0, 0.1) is 5.82 Å². The zero-order valence-electron chi connectivity index (χ0n) is 16.6. The Hall–Kier alpha value is -2.60. The number of benzene rings is 2. The fourth-order valence-electron chi connectivity index (χ4n) is 3.58. The van der Waals surface area contributed by atoms with Gasteiger partial charge < -0.3 is 19.7 Å². The molecule has 1 aliphatic heterocycles. The summed E-state index contributed by atoms with van der Waals surface area (Å²) in [5.74, 6) is 0.268. The third-order valence-corrected chi connectivity index (χ3v) is 4.81. The first-order valence-electron chi connectivity index (χ1n) is 9.53. The summed E-state index contributed by atoms with van der Waals surface area (Å²) in [6, 6.07) is 12.5. The maximum Gasteiger partial charge on any atom is 0.224 e. The molecule has 2 atom stereocenters. The number of hydrogen-bond donors (Lipinski definition) is 1. The molecule has 5 nitrogen and oxygen atoms in total. The monoisotopic (exact) mass is 386 g/mol. The summed E-state index contributed by atoms with van der Waals surface area (Å²) >= 11 is 0. The molecule has 1 heterocycles. The van der Waals surface area contributed by atoms with E-state index in [9.17, 15) is 9.18 Å². The van der Waals surface area contributed by atoms with Gasteiger partial charge in [0.15, 0.2) is 0 Å². The van der Waals surface area contributed by atoms with Gasteiger partial charge in [0.2, 0.25) is 5.91 Å². The van der Waals surface area contributed by atoms with E-state index >= 15 is 0 Å². The molecule has 3 rings (SSSR count). The van der Waals surface area contributed by atoms with E-state index in [4.69, 9.17) is 9.47 Å². The van der Waals surface area contributed by atoms with Crippen molar-refractivity contribution in [1.29, 1.82) is 0 Å². The summed E-state index contributed by atoms with van der Waals surface area (Å²) in [6.45, 7) is 5.59. The SMILES string of the molecule is COc1ccccc1CC(=O)NCc1ccc(N2C[C@@H](C)O[C@@H](C)C2)c(F)c1. The highest BCUT2D eigenvalue weighted by Crippen LogP contribution is 2.24. The number of nitrogens with one attached hydrogen (secondary N) is 1. The number of ether oxygens (including phenoxy) is 2. The molecule has 1 saturated heterocycles. The Bertz CT molecular complexity index is 817. The second-order valence-corrected chi connectivity index (χ2v) is 7.21. The number of methoxy groups -OCH3 is 1. The fraction of sp³-hybridized carbons (Fsp3) is 0.409. The smallest absolute Gasteiger partial charge is 0.224 e. The Morgan fingerprint density at radius 2 is 1.93 bits per heavy atom. The highest BCUT2D eigenvalue weighted by atomic mass is 19.1. The first-order valence-corrected chi connectivity index (χ1v) is 9.53. The lowest BCUT2D eigenvalue weighted by atomic mass is 10.1. The molecule has 0 aromatic heterocycles. The number of nitrogens with zero attached hydrogens (tertiary/aromatic N) is 1. The van der Waals surface area contributed by atoms with Crippen molar-refractivity contribution in [1.82, 2.24) is 5.32 Å². The average molecular weight is 386 g/mol. The van der Waals surface area contributed by atoms with Gasteiger partial charge in [0.1, 0.15) is 11.6 Å². The van der Waals surface area contributed by atoms with Crippen LogP contribution in [0.15, 0.2) is 42.5 Å². The largest absolute Gasteiger partial charge is 0.496 e. The molecule has 150 valence electrons. The van der Waals surface area contributed by atoms with Crippen LogP contribution < -0.4 is 15.0 Å². The molecular formula is C22H27FN2O3. The molecule has 1 amide bonds. The van der Waals surface area contributed by atoms with E-state index in [2.05, 4.69) is 5.32 Å². The van der Waals surface area contributed by atoms with Gasteiger partial charge >= 0.3 is 0 Å². The summed E-state index contributed by atoms with van der Waals surface area (Å²) in [7, 11) is 1.58. The topological polar surface area (TPSA) is 50.8 Å². The molecule has 6 heteroatoms. The molecule has 0 aliphatic carbocycles. The number of amides is 1. The predicted molar refractivity (Wildman–Crippen MR) is 107 cm³/mol. The molecule has 0 saturated carbocycles. The first-order chi connectivity index (χ1) is 13.5. The van der Waals surface area contributed by atoms with Crippen molar-refractivity contribution in [2.24, 2.45) is 0 Å². The van der Waals surface area contributed by atoms with Gasteiger partial charge in [-0.15, -0.1) is 0 Å². The highest BCUT2D eigenvalue weighted by molar-refractivity contribution is 5.79. The van der Waals surface area contributed by atoms with Gasteiger partial charge in [0.25, 0.3) is 0 Å². The molecule has 1 N–H and O–H groups in total. The predicted octanol–water partition coefficient (Wildman–Crippen LogP) is 3.31. The number of hydrogen-bond acceptors (Lipinski definition) is 4. The third-order valence-electron chi connectivity index (χ3n) is 4.81. The number of halogens is 1. The van der Waals surface area contributed by atoms with Crippen LogP contribution in [0.4, 0.5) is 10.1 Å². The normalized spacial score (nSPS) is 19.4. The van der Waals surface area contributed by atoms with Crippen LogP contribution in [0.1, 0.15) is 25.0 Å². The number of morpholine rings is 1. The Morgan fingerprint density at radius 3 is 2.61 bits per heavy atom. The van der Waals surface area contributed by atoms with Crippen LogP contribution in [0.3, 0.4) is 0 Å². The van der Waals surface area contributed by atoms with E-state index in [0.717, 1.165) is 11.1 Å². The van der Waals surface area contributed by atoms with Crippen molar-refractivity contribution in [2.75, 3.05) is 25.1 Å². The van der Waals surface area contributed by atoms with E-state index in [1.807, 2.05) is 49.1 Å². The minimum absolute atomic E-state index is 0.0668. The van der Waals surface area contributed by atoms with Crippen molar-refractivity contribution in [2.45, 2.75) is 39.0 Å². The van der Waals surface area contributed by atoms with E-state index in [0.29, 0.717) is 24.5 Å². The van der Waals surface area contributed by atoms with E-state index in [1.54, 1.807) is 13.2 Å². The zero-order valence-corrected chi connectivity index (χ0v) is 16.6. The van der Waals surface area contributed by atoms with Crippen LogP contribution in [0.2, 0.25) is 0 Å². The second kappa shape index (κ2) is 9.06. The number of carbonyl (C=O) groups is 1. The van der Waals surface area contributed by atoms with Crippen molar-refractivity contribution in [3.63, 3.8) is 0 Å². The fourth-order valence-corrected chi connectivity index (χ4v) is 3.58. The minimum Gasteiger partial charge on any atom is -0.496 e. The summed E-state index contributed by atoms with van der Waals surface area (Å²) in [5.41, 5.74) is 2.12. The lowest BCUT2D eigenvalue weighted by Gasteiger charge is -2.37. The zero-order chi connectivity index (χ0) is 20.1. The van der Waals surface area contributed by atoms with Crippen molar-refractivity contribution < 1.29 is 18.7 Å². The van der Waals surface area contributed by atoms with Crippen LogP contribution in [0.5, 0.6) is 5.75 Å². The van der Waals surface area contributed by atoms with Gasteiger partial charge in [-0.3, -0.25) is 4.79 Å². The molecule has 1 fully saturated rings. The van der Waals surface area contributed by atoms with E-state index < -0.39 is 0 Å². The number of anilines is 1. The molecule has 0 bridgehead atoms. The van der Waals surface area contributed by atoms with Gasteiger partial charge in [-0.1, -0.05) is 24.3 Å². The summed E-state index contributed by atoms with van der Waals surface area (Å²) in [6.07, 6.45) is 0.350. The average Bonchev–Trinajstić information content (AvgIpc) is 2.66. The van der Waals surface area contributed by atoms with Crippen LogP contribution in [0.25, 0.3) is 0 Å². The van der Waals surface area contributed by atoms with Gasteiger partial charge in [-0.25, -0.2) is 4.39 Å². The molecule has 2 aromatic rings. The van der Waals surface area contributed by atoms with Crippen LogP contribution >= 0.6 is 0 Å². The lowest BCUT2D eigenvalue weighted by molar-refractivity contribution is -0.120. The Balaban J connectivity index is 1.59. The van der Waals surface area contributed by atoms with Gasteiger partial charge in [0, 0.05) is 25.2 Å². The maximum atomic E-state index is 14.6. The summed E-state index contributed by atoms with van der Waals surface area (Å²) in [5, 5.41) is 2.84. The van der Waals surface area contributed by atoms with Gasteiger partial charge in [0.05, 0.1) is 31.4 Å². The number of para-hydroxylation sites is 1. The summed E-state index contributed by atoms with van der Waals surface area (Å²) in [4.78, 5) is 14.3. The lowest BCUT2D eigenvalue weighted by Crippen LogP contribution is -2.45. The van der Waals surface area contributed by atoms with E-state index in [1.165, 1.54) is 6.07 Å². The highest BCUT2D eigenvalue weighted by Gasteiger charge is 2.24. The molecule has 0 spiro atoms. The maximum absolute atomic E-state index is 14.6. The quantitative estimate of drug-likeness (QED) is 0.828. The Labute approximate surface area is 165 Å². The first kappa shape index (κ1) is 20.1. The van der Waals surface area contributed by atoms with Gasteiger partial charge in [-0.05, 0) is 37.6 Å². The van der Waals surface area contributed by atoms with Gasteiger partial charge in [-0.2, -0.15) is 0 Å². The van der Waals surface area contributed by atoms with Crippen molar-refractivity contribution >= 4 is 11.6 Å². The second-order valence-electron chi connectivity index (χ2n) is 7.21. The molecule has 2 aromatic carbocycles. The Kier molecular flexibility index (Phi) is 6.52. The molecule has 28 heavy (non-hydrogen) atoms.